The van der Waals surface area contributed by atoms with Gasteiger partial charge in [0.05, 0.1) is 106 Å². The molecule has 0 aliphatic carbocycles. The van der Waals surface area contributed by atoms with E-state index in [1.807, 2.05) is 20.8 Å². The van der Waals surface area contributed by atoms with Crippen LogP contribution in [0.5, 0.6) is 0 Å². The van der Waals surface area contributed by atoms with Crippen LogP contribution in [-0.4, -0.2) is 143 Å². The van der Waals surface area contributed by atoms with Gasteiger partial charge in [0.25, 0.3) is 0 Å². The number of hydrogen-bond donors (Lipinski definition) is 0. The summed E-state index contributed by atoms with van der Waals surface area (Å²) in [4.78, 5) is 13.3. The summed E-state index contributed by atoms with van der Waals surface area (Å²) in [5.74, 6) is 0. The number of alkyl halides is 1. The summed E-state index contributed by atoms with van der Waals surface area (Å²) in [5.41, 5.74) is -0.508. The molecule has 0 N–H and O–H groups in total. The summed E-state index contributed by atoms with van der Waals surface area (Å²) in [5, 5.41) is 0. The fourth-order valence-electron chi connectivity index (χ4n) is 2.33. The third-order valence-corrected chi connectivity index (χ3v) is 4.10. The normalized spacial score (nSPS) is 11.7. The predicted octanol–water partition coefficient (Wildman–Crippen LogP) is 1.96. The van der Waals surface area contributed by atoms with E-state index in [0.717, 1.165) is 0 Å². The largest absolute Gasteiger partial charge is 0.444 e. The van der Waals surface area contributed by atoms with Crippen molar-refractivity contribution >= 4 is 6.09 Å². The Morgan fingerprint density at radius 1 is 0.556 bits per heavy atom. The highest BCUT2D eigenvalue weighted by atomic mass is 19.1. The molecule has 0 aliphatic rings. The molecule has 12 heteroatoms. The number of carbonyl (C=O) groups excluding carboxylic acids is 1. The highest BCUT2D eigenvalue weighted by Crippen LogP contribution is 2.08. The lowest BCUT2D eigenvalue weighted by Gasteiger charge is -2.24. The van der Waals surface area contributed by atoms with E-state index in [9.17, 15) is 9.18 Å². The number of nitrogens with zero attached hydrogens (tertiary/aromatic N) is 1. The Morgan fingerprint density at radius 3 is 1.11 bits per heavy atom. The first-order chi connectivity index (χ1) is 17.4. The second kappa shape index (κ2) is 25.5. The number of carbonyl (C=O) groups is 1. The molecule has 0 saturated carbocycles. The molecular weight excluding hydrogens is 481 g/mol. The van der Waals surface area contributed by atoms with Crippen LogP contribution in [0.1, 0.15) is 20.8 Å². The van der Waals surface area contributed by atoms with E-state index in [1.165, 1.54) is 4.90 Å². The Kier molecular flexibility index (Phi) is 24.7. The van der Waals surface area contributed by atoms with E-state index < -0.39 is 12.3 Å². The van der Waals surface area contributed by atoms with Crippen LogP contribution in [0.25, 0.3) is 0 Å². The zero-order valence-corrected chi connectivity index (χ0v) is 22.6. The Labute approximate surface area is 215 Å². The molecule has 0 spiro atoms. The minimum atomic E-state index is -0.508. The molecule has 36 heavy (non-hydrogen) atoms. The lowest BCUT2D eigenvalue weighted by molar-refractivity contribution is -0.0238. The van der Waals surface area contributed by atoms with Crippen molar-refractivity contribution in [3.63, 3.8) is 0 Å². The first kappa shape index (κ1) is 34.9. The van der Waals surface area contributed by atoms with Crippen molar-refractivity contribution in [1.29, 1.82) is 0 Å². The Balaban J connectivity index is 3.17. The van der Waals surface area contributed by atoms with Crippen molar-refractivity contribution in [1.82, 2.24) is 4.90 Å². The van der Waals surface area contributed by atoms with Crippen molar-refractivity contribution in [3.05, 3.63) is 0 Å². The summed E-state index contributed by atoms with van der Waals surface area (Å²) in [7, 11) is 1.68. The Hall–Kier alpha value is -1.12. The van der Waals surface area contributed by atoms with Gasteiger partial charge in [-0.2, -0.15) is 0 Å². The second-order valence-electron chi connectivity index (χ2n) is 8.49. The van der Waals surface area contributed by atoms with Crippen molar-refractivity contribution < 1.29 is 51.8 Å². The maximum Gasteiger partial charge on any atom is 0.410 e. The van der Waals surface area contributed by atoms with Crippen LogP contribution in [0, 0.1) is 0 Å². The second-order valence-corrected chi connectivity index (χ2v) is 8.49. The summed E-state index contributed by atoms with van der Waals surface area (Å²) < 4.78 is 59.8. The van der Waals surface area contributed by atoms with Gasteiger partial charge in [-0.1, -0.05) is 0 Å². The number of hydrogen-bond acceptors (Lipinski definition) is 10. The minimum Gasteiger partial charge on any atom is -0.444 e. The van der Waals surface area contributed by atoms with Crippen LogP contribution in [0.3, 0.4) is 0 Å². The highest BCUT2D eigenvalue weighted by molar-refractivity contribution is 5.67. The first-order valence-corrected chi connectivity index (χ1v) is 12.5. The lowest BCUT2D eigenvalue weighted by atomic mass is 10.2. The molecule has 216 valence electrons. The minimum absolute atomic E-state index is 0.112. The van der Waals surface area contributed by atoms with E-state index in [2.05, 4.69) is 0 Å². The molecule has 11 nitrogen and oxygen atoms in total. The molecule has 0 heterocycles. The third-order valence-electron chi connectivity index (χ3n) is 4.10. The van der Waals surface area contributed by atoms with Crippen LogP contribution in [0.4, 0.5) is 9.18 Å². The maximum absolute atomic E-state index is 11.8. The summed E-state index contributed by atoms with van der Waals surface area (Å²) >= 11 is 0. The van der Waals surface area contributed by atoms with E-state index in [4.69, 9.17) is 42.6 Å². The Bertz CT molecular complexity index is 482. The quantitative estimate of drug-likeness (QED) is 0.155. The molecule has 0 aromatic heterocycles. The molecule has 0 unspecified atom stereocenters. The molecule has 0 atom stereocenters. The van der Waals surface area contributed by atoms with E-state index >= 15 is 0 Å². The zero-order valence-electron chi connectivity index (χ0n) is 22.6. The molecule has 0 aromatic rings. The molecule has 0 bridgehead atoms. The lowest BCUT2D eigenvalue weighted by Crippen LogP contribution is -2.36. The van der Waals surface area contributed by atoms with E-state index in [-0.39, 0.29) is 12.7 Å². The molecule has 0 saturated heterocycles. The number of halogens is 1. The van der Waals surface area contributed by atoms with Crippen LogP contribution in [0.15, 0.2) is 0 Å². The summed E-state index contributed by atoms with van der Waals surface area (Å²) in [6, 6.07) is 0. The smallest absolute Gasteiger partial charge is 0.410 e. The maximum atomic E-state index is 11.8. The van der Waals surface area contributed by atoms with Crippen molar-refractivity contribution in [2.75, 3.05) is 126 Å². The first-order valence-electron chi connectivity index (χ1n) is 12.5. The number of amides is 1. The van der Waals surface area contributed by atoms with Gasteiger partial charge in [-0.25, -0.2) is 9.18 Å². The van der Waals surface area contributed by atoms with Gasteiger partial charge < -0.3 is 47.5 Å². The number of ether oxygens (including phenoxy) is 9. The van der Waals surface area contributed by atoms with Gasteiger partial charge in [0.1, 0.15) is 12.3 Å². The Morgan fingerprint density at radius 2 is 0.833 bits per heavy atom. The van der Waals surface area contributed by atoms with Crippen LogP contribution < -0.4 is 0 Å². The van der Waals surface area contributed by atoms with Crippen LogP contribution in [-0.2, 0) is 42.6 Å². The molecule has 0 aromatic carbocycles. The monoisotopic (exact) mass is 529 g/mol. The molecule has 0 radical (unpaired) electrons. The van der Waals surface area contributed by atoms with E-state index in [0.29, 0.717) is 106 Å². The zero-order chi connectivity index (χ0) is 26.7. The van der Waals surface area contributed by atoms with Gasteiger partial charge in [-0.15, -0.1) is 0 Å². The third kappa shape index (κ3) is 27.5. The molecule has 1 amide bonds. The fourth-order valence-corrected chi connectivity index (χ4v) is 2.33. The van der Waals surface area contributed by atoms with E-state index in [1.54, 1.807) is 7.05 Å². The van der Waals surface area contributed by atoms with Crippen molar-refractivity contribution in [3.8, 4) is 0 Å². The number of likely N-dealkylation sites (N-methyl/N-ethyl adjacent to an activating group) is 1. The average molecular weight is 530 g/mol. The molecule has 0 rings (SSSR count). The van der Waals surface area contributed by atoms with Gasteiger partial charge in [-0.05, 0) is 20.8 Å². The van der Waals surface area contributed by atoms with Gasteiger partial charge >= 0.3 is 6.09 Å². The fraction of sp³-hybridized carbons (Fsp3) is 0.958. The SMILES string of the molecule is CN(CCOCCOCCOCCOCCOCCOCCOCCOCCF)C(=O)OC(C)(C)C. The average Bonchev–Trinajstić information content (AvgIpc) is 2.82. The topological polar surface area (TPSA) is 103 Å². The number of rotatable bonds is 26. The summed E-state index contributed by atoms with van der Waals surface area (Å²) in [6.07, 6.45) is -0.366. The van der Waals surface area contributed by atoms with Crippen molar-refractivity contribution in [2.45, 2.75) is 26.4 Å². The summed E-state index contributed by atoms with van der Waals surface area (Å²) in [6.45, 7) is 12.5. The van der Waals surface area contributed by atoms with Gasteiger partial charge in [0.15, 0.2) is 0 Å². The standard InChI is InChI=1S/C24H48FNO10/c1-24(2,3)36-23(27)26(4)6-8-29-10-12-31-14-16-33-18-20-35-22-21-34-19-17-32-15-13-30-11-9-28-7-5-25/h5-22H2,1-4H3. The molecule has 0 fully saturated rings. The van der Waals surface area contributed by atoms with Crippen LogP contribution >= 0.6 is 0 Å². The molecular formula is C24H48FNO10. The van der Waals surface area contributed by atoms with Crippen molar-refractivity contribution in [2.24, 2.45) is 0 Å². The predicted molar refractivity (Wildman–Crippen MR) is 131 cm³/mol. The molecule has 0 aliphatic heterocycles. The van der Waals surface area contributed by atoms with Crippen LogP contribution in [0.2, 0.25) is 0 Å². The highest BCUT2D eigenvalue weighted by Gasteiger charge is 2.19. The van der Waals surface area contributed by atoms with Gasteiger partial charge in [0.2, 0.25) is 0 Å². The van der Waals surface area contributed by atoms with Gasteiger partial charge in [-0.3, -0.25) is 0 Å². The van der Waals surface area contributed by atoms with Gasteiger partial charge in [0, 0.05) is 13.6 Å².